The zero-order chi connectivity index (χ0) is 15.5. The number of carbonyl (C=O) groups is 1. The molecule has 1 atom stereocenters. The standard InChI is InChI=1S/C15H13F3N2O/c16-15(17,18)11-8-4-5-9-12(11)20-14(21)13(19)10-6-2-1-3-7-10/h1-9,13H,19H2,(H,20,21)/t13-/m0/s1. The van der Waals surface area contributed by atoms with Gasteiger partial charge in [0.1, 0.15) is 6.04 Å². The Kier molecular flexibility index (Phi) is 4.28. The molecule has 21 heavy (non-hydrogen) atoms. The summed E-state index contributed by atoms with van der Waals surface area (Å²) in [5.41, 5.74) is 5.07. The second-order valence-corrected chi connectivity index (χ2v) is 4.42. The van der Waals surface area contributed by atoms with Gasteiger partial charge in [-0.1, -0.05) is 42.5 Å². The number of nitrogens with one attached hydrogen (secondary N) is 1. The van der Waals surface area contributed by atoms with Crippen molar-refractivity contribution in [2.45, 2.75) is 12.2 Å². The largest absolute Gasteiger partial charge is 0.418 e. The average molecular weight is 294 g/mol. The minimum atomic E-state index is -4.54. The molecule has 2 aromatic rings. The summed E-state index contributed by atoms with van der Waals surface area (Å²) >= 11 is 0. The monoisotopic (exact) mass is 294 g/mol. The van der Waals surface area contributed by atoms with E-state index in [1.807, 2.05) is 0 Å². The molecule has 0 aliphatic heterocycles. The quantitative estimate of drug-likeness (QED) is 0.912. The van der Waals surface area contributed by atoms with E-state index < -0.39 is 23.7 Å². The van der Waals surface area contributed by atoms with E-state index in [4.69, 9.17) is 5.73 Å². The molecule has 6 heteroatoms. The number of hydrogen-bond acceptors (Lipinski definition) is 2. The van der Waals surface area contributed by atoms with Crippen molar-refractivity contribution in [1.82, 2.24) is 0 Å². The van der Waals surface area contributed by atoms with Gasteiger partial charge >= 0.3 is 6.18 Å². The summed E-state index contributed by atoms with van der Waals surface area (Å²) in [4.78, 5) is 12.0. The molecular weight excluding hydrogens is 281 g/mol. The highest BCUT2D eigenvalue weighted by atomic mass is 19.4. The predicted octanol–water partition coefficient (Wildman–Crippen LogP) is 3.34. The number of anilines is 1. The number of amides is 1. The van der Waals surface area contributed by atoms with Gasteiger partial charge in [0.15, 0.2) is 0 Å². The highest BCUT2D eigenvalue weighted by molar-refractivity contribution is 5.96. The third-order valence-electron chi connectivity index (χ3n) is 2.93. The molecule has 0 fully saturated rings. The van der Waals surface area contributed by atoms with Crippen LogP contribution < -0.4 is 11.1 Å². The number of rotatable bonds is 3. The Hall–Kier alpha value is -2.34. The zero-order valence-corrected chi connectivity index (χ0v) is 10.9. The van der Waals surface area contributed by atoms with Gasteiger partial charge in [0, 0.05) is 0 Å². The van der Waals surface area contributed by atoms with Crippen molar-refractivity contribution in [3.05, 3.63) is 65.7 Å². The van der Waals surface area contributed by atoms with Gasteiger partial charge in [-0.25, -0.2) is 0 Å². The second kappa shape index (κ2) is 5.97. The van der Waals surface area contributed by atoms with E-state index in [-0.39, 0.29) is 5.69 Å². The summed E-state index contributed by atoms with van der Waals surface area (Å²) in [5.74, 6) is -0.696. The summed E-state index contributed by atoms with van der Waals surface area (Å²) in [6, 6.07) is 12.2. The Morgan fingerprint density at radius 1 is 1.00 bits per heavy atom. The van der Waals surface area contributed by atoms with E-state index in [0.717, 1.165) is 6.07 Å². The van der Waals surface area contributed by atoms with Crippen molar-refractivity contribution in [1.29, 1.82) is 0 Å². The van der Waals surface area contributed by atoms with Gasteiger partial charge in [-0.05, 0) is 17.7 Å². The van der Waals surface area contributed by atoms with Crippen LogP contribution >= 0.6 is 0 Å². The molecule has 3 N–H and O–H groups in total. The van der Waals surface area contributed by atoms with Gasteiger partial charge in [-0.2, -0.15) is 13.2 Å². The minimum absolute atomic E-state index is 0.304. The van der Waals surface area contributed by atoms with E-state index in [1.165, 1.54) is 18.2 Å². The Morgan fingerprint density at radius 2 is 1.57 bits per heavy atom. The SMILES string of the molecule is N[C@H](C(=O)Nc1ccccc1C(F)(F)F)c1ccccc1. The maximum Gasteiger partial charge on any atom is 0.418 e. The fourth-order valence-corrected chi connectivity index (χ4v) is 1.86. The van der Waals surface area contributed by atoms with E-state index in [0.29, 0.717) is 5.56 Å². The minimum Gasteiger partial charge on any atom is -0.324 e. The van der Waals surface area contributed by atoms with Crippen LogP contribution in [0, 0.1) is 0 Å². The molecule has 3 nitrogen and oxygen atoms in total. The average Bonchev–Trinajstić information content (AvgIpc) is 2.47. The van der Waals surface area contributed by atoms with Crippen LogP contribution in [0.5, 0.6) is 0 Å². The van der Waals surface area contributed by atoms with Gasteiger partial charge in [-0.15, -0.1) is 0 Å². The van der Waals surface area contributed by atoms with Crippen molar-refractivity contribution < 1.29 is 18.0 Å². The number of carbonyl (C=O) groups excluding carboxylic acids is 1. The molecule has 0 aliphatic rings. The van der Waals surface area contributed by atoms with Crippen LogP contribution in [0.2, 0.25) is 0 Å². The molecule has 1 amide bonds. The van der Waals surface area contributed by atoms with E-state index >= 15 is 0 Å². The van der Waals surface area contributed by atoms with E-state index in [9.17, 15) is 18.0 Å². The lowest BCUT2D eigenvalue weighted by Crippen LogP contribution is -2.28. The first-order chi connectivity index (χ1) is 9.89. The van der Waals surface area contributed by atoms with Crippen LogP contribution in [0.15, 0.2) is 54.6 Å². The summed E-state index contributed by atoms with van der Waals surface area (Å²) in [6.07, 6.45) is -4.54. The van der Waals surface area contributed by atoms with Crippen molar-refractivity contribution in [3.63, 3.8) is 0 Å². The highest BCUT2D eigenvalue weighted by Crippen LogP contribution is 2.34. The molecular formula is C15H13F3N2O. The number of halogens is 3. The molecule has 0 aliphatic carbocycles. The molecule has 0 spiro atoms. The van der Waals surface area contributed by atoms with Crippen molar-refractivity contribution in [2.24, 2.45) is 5.73 Å². The first-order valence-corrected chi connectivity index (χ1v) is 6.17. The Balaban J connectivity index is 2.21. The van der Waals surface area contributed by atoms with E-state index in [1.54, 1.807) is 30.3 Å². The van der Waals surface area contributed by atoms with E-state index in [2.05, 4.69) is 5.32 Å². The Morgan fingerprint density at radius 3 is 2.19 bits per heavy atom. The molecule has 0 saturated carbocycles. The normalized spacial score (nSPS) is 12.8. The van der Waals surface area contributed by atoms with Crippen LogP contribution in [-0.4, -0.2) is 5.91 Å². The van der Waals surface area contributed by atoms with Crippen LogP contribution in [0.4, 0.5) is 18.9 Å². The van der Waals surface area contributed by atoms with Crippen molar-refractivity contribution in [3.8, 4) is 0 Å². The molecule has 2 rings (SSSR count). The fraction of sp³-hybridized carbons (Fsp3) is 0.133. The van der Waals surface area contributed by atoms with Gasteiger partial charge < -0.3 is 11.1 Å². The number of hydrogen-bond donors (Lipinski definition) is 2. The van der Waals surface area contributed by atoms with Crippen LogP contribution in [0.3, 0.4) is 0 Å². The number of nitrogens with two attached hydrogens (primary N) is 1. The number of benzene rings is 2. The first-order valence-electron chi connectivity index (χ1n) is 6.17. The molecule has 0 aromatic heterocycles. The predicted molar refractivity (Wildman–Crippen MR) is 73.4 cm³/mol. The highest BCUT2D eigenvalue weighted by Gasteiger charge is 2.33. The van der Waals surface area contributed by atoms with Gasteiger partial charge in [0.05, 0.1) is 11.3 Å². The molecule has 0 heterocycles. The lowest BCUT2D eigenvalue weighted by molar-refractivity contribution is -0.137. The summed E-state index contributed by atoms with van der Waals surface area (Å²) in [6.45, 7) is 0. The van der Waals surface area contributed by atoms with Crippen molar-refractivity contribution in [2.75, 3.05) is 5.32 Å². The van der Waals surface area contributed by atoms with Gasteiger partial charge in [0.2, 0.25) is 5.91 Å². The van der Waals surface area contributed by atoms with Crippen LogP contribution in [0.25, 0.3) is 0 Å². The molecule has 0 saturated heterocycles. The molecule has 110 valence electrons. The van der Waals surface area contributed by atoms with Crippen LogP contribution in [0.1, 0.15) is 17.2 Å². The number of alkyl halides is 3. The Bertz CT molecular complexity index is 626. The maximum absolute atomic E-state index is 12.8. The zero-order valence-electron chi connectivity index (χ0n) is 10.9. The van der Waals surface area contributed by atoms with Crippen LogP contribution in [-0.2, 0) is 11.0 Å². The topological polar surface area (TPSA) is 55.1 Å². The third-order valence-corrected chi connectivity index (χ3v) is 2.93. The molecule has 0 radical (unpaired) electrons. The lowest BCUT2D eigenvalue weighted by atomic mass is 10.1. The smallest absolute Gasteiger partial charge is 0.324 e. The molecule has 2 aromatic carbocycles. The summed E-state index contributed by atoms with van der Waals surface area (Å²) in [7, 11) is 0. The lowest BCUT2D eigenvalue weighted by Gasteiger charge is -2.16. The number of para-hydroxylation sites is 1. The first kappa shape index (κ1) is 15.1. The third kappa shape index (κ3) is 3.61. The molecule has 0 bridgehead atoms. The summed E-state index contributed by atoms with van der Waals surface area (Å²) in [5, 5.41) is 2.23. The second-order valence-electron chi connectivity index (χ2n) is 4.42. The van der Waals surface area contributed by atoms with Gasteiger partial charge in [0.25, 0.3) is 0 Å². The molecule has 0 unspecified atom stereocenters. The fourth-order valence-electron chi connectivity index (χ4n) is 1.86. The maximum atomic E-state index is 12.8. The van der Waals surface area contributed by atoms with Crippen molar-refractivity contribution >= 4 is 11.6 Å². The van der Waals surface area contributed by atoms with Gasteiger partial charge in [-0.3, -0.25) is 4.79 Å². The Labute approximate surface area is 119 Å². The summed E-state index contributed by atoms with van der Waals surface area (Å²) < 4.78 is 38.5.